The number of hydrogen-bond donors (Lipinski definition) is 1. The molecule has 0 saturated carbocycles. The van der Waals surface area contributed by atoms with Crippen LogP contribution in [0.15, 0.2) is 18.2 Å². The van der Waals surface area contributed by atoms with Crippen LogP contribution in [0, 0.1) is 5.82 Å². The van der Waals surface area contributed by atoms with Gasteiger partial charge in [0.05, 0.1) is 6.42 Å². The summed E-state index contributed by atoms with van der Waals surface area (Å²) in [7, 11) is 1.47. The van der Waals surface area contributed by atoms with Gasteiger partial charge in [0, 0.05) is 24.8 Å². The molecule has 0 aliphatic heterocycles. The highest BCUT2D eigenvalue weighted by atomic mass is 32.1. The molecule has 1 rings (SSSR count). The third-order valence-electron chi connectivity index (χ3n) is 2.37. The Morgan fingerprint density at radius 1 is 1.39 bits per heavy atom. The molecule has 0 unspecified atom stereocenters. The molecule has 0 atom stereocenters. The van der Waals surface area contributed by atoms with E-state index in [0.29, 0.717) is 5.69 Å². The average molecular weight is 280 g/mol. The van der Waals surface area contributed by atoms with Crippen LogP contribution in [0.25, 0.3) is 0 Å². The summed E-state index contributed by atoms with van der Waals surface area (Å²) in [4.78, 5) is 1.30. The Morgan fingerprint density at radius 3 is 2.50 bits per heavy atom. The second-order valence-corrected chi connectivity index (χ2v) is 4.25. The van der Waals surface area contributed by atoms with Gasteiger partial charge in [-0.1, -0.05) is 12.2 Å². The number of nitrogens with zero attached hydrogens (tertiary/aromatic N) is 1. The van der Waals surface area contributed by atoms with E-state index in [-0.39, 0.29) is 17.1 Å². The second-order valence-electron chi connectivity index (χ2n) is 3.81. The molecule has 7 heteroatoms. The van der Waals surface area contributed by atoms with Crippen molar-refractivity contribution in [3.63, 3.8) is 0 Å². The zero-order chi connectivity index (χ0) is 13.9. The average Bonchev–Trinajstić information content (AvgIpc) is 2.24. The largest absolute Gasteiger partial charge is 0.390 e. The van der Waals surface area contributed by atoms with Crippen molar-refractivity contribution in [2.45, 2.75) is 12.6 Å². The predicted molar refractivity (Wildman–Crippen MR) is 66.2 cm³/mol. The number of alkyl halides is 3. The van der Waals surface area contributed by atoms with Gasteiger partial charge >= 0.3 is 6.18 Å². The smallest absolute Gasteiger partial charge is 0.389 e. The summed E-state index contributed by atoms with van der Waals surface area (Å²) in [5, 5.41) is 0. The number of thiocarbonyl (C=S) groups is 1. The van der Waals surface area contributed by atoms with Crippen LogP contribution in [0.5, 0.6) is 0 Å². The van der Waals surface area contributed by atoms with Crippen molar-refractivity contribution < 1.29 is 17.6 Å². The Hall–Kier alpha value is -1.37. The summed E-state index contributed by atoms with van der Waals surface area (Å²) < 4.78 is 49.4. The molecule has 0 heterocycles. The Morgan fingerprint density at radius 2 is 2.00 bits per heavy atom. The number of nitrogens with two attached hydrogens (primary N) is 1. The van der Waals surface area contributed by atoms with E-state index in [9.17, 15) is 17.6 Å². The first kappa shape index (κ1) is 14.7. The first-order valence-corrected chi connectivity index (χ1v) is 5.49. The van der Waals surface area contributed by atoms with Crippen LogP contribution in [0.1, 0.15) is 12.0 Å². The topological polar surface area (TPSA) is 29.3 Å². The van der Waals surface area contributed by atoms with E-state index < -0.39 is 18.4 Å². The predicted octanol–water partition coefficient (Wildman–Crippen LogP) is 2.85. The van der Waals surface area contributed by atoms with Gasteiger partial charge in [0.25, 0.3) is 0 Å². The molecule has 2 N–H and O–H groups in total. The molecule has 0 amide bonds. The highest BCUT2D eigenvalue weighted by Gasteiger charge is 2.27. The van der Waals surface area contributed by atoms with Crippen molar-refractivity contribution in [1.82, 2.24) is 0 Å². The molecule has 0 aliphatic carbocycles. The maximum absolute atomic E-state index is 13.0. The Balaban J connectivity index is 2.91. The van der Waals surface area contributed by atoms with Crippen LogP contribution in [0.2, 0.25) is 0 Å². The van der Waals surface area contributed by atoms with Crippen LogP contribution >= 0.6 is 12.2 Å². The van der Waals surface area contributed by atoms with Crippen molar-refractivity contribution in [2.24, 2.45) is 5.73 Å². The normalized spacial score (nSPS) is 11.4. The highest BCUT2D eigenvalue weighted by molar-refractivity contribution is 7.80. The monoisotopic (exact) mass is 280 g/mol. The van der Waals surface area contributed by atoms with Gasteiger partial charge in [-0.25, -0.2) is 4.39 Å². The van der Waals surface area contributed by atoms with Crippen LogP contribution in [0.4, 0.5) is 23.2 Å². The Kier molecular flexibility index (Phi) is 4.50. The molecule has 100 valence electrons. The van der Waals surface area contributed by atoms with Crippen LogP contribution in [0.3, 0.4) is 0 Å². The van der Waals surface area contributed by atoms with Gasteiger partial charge in [0.1, 0.15) is 10.8 Å². The lowest BCUT2D eigenvalue weighted by Crippen LogP contribution is -2.26. The molecule has 0 radical (unpaired) electrons. The molecule has 18 heavy (non-hydrogen) atoms. The summed E-state index contributed by atoms with van der Waals surface area (Å²) in [6.45, 7) is -0.245. The number of rotatable bonds is 4. The SMILES string of the molecule is CN(CCC(F)(F)F)c1ccc(F)cc1C(N)=S. The first-order chi connectivity index (χ1) is 8.20. The van der Waals surface area contributed by atoms with Crippen molar-refractivity contribution in [3.05, 3.63) is 29.6 Å². The number of anilines is 1. The fourth-order valence-electron chi connectivity index (χ4n) is 1.45. The lowest BCUT2D eigenvalue weighted by atomic mass is 10.1. The lowest BCUT2D eigenvalue weighted by molar-refractivity contribution is -0.132. The fourth-order valence-corrected chi connectivity index (χ4v) is 1.62. The van der Waals surface area contributed by atoms with Gasteiger partial charge in [-0.2, -0.15) is 13.2 Å². The van der Waals surface area contributed by atoms with Crippen molar-refractivity contribution in [1.29, 1.82) is 0 Å². The van der Waals surface area contributed by atoms with Gasteiger partial charge in [-0.15, -0.1) is 0 Å². The quantitative estimate of drug-likeness (QED) is 0.679. The lowest BCUT2D eigenvalue weighted by Gasteiger charge is -2.22. The molecular weight excluding hydrogens is 268 g/mol. The molecule has 0 aromatic heterocycles. The van der Waals surface area contributed by atoms with Crippen molar-refractivity contribution in [2.75, 3.05) is 18.5 Å². The van der Waals surface area contributed by atoms with Gasteiger partial charge < -0.3 is 10.6 Å². The summed E-state index contributed by atoms with van der Waals surface area (Å²) in [6.07, 6.45) is -5.20. The van der Waals surface area contributed by atoms with Gasteiger partial charge in [0.2, 0.25) is 0 Å². The Bertz CT molecular complexity index is 445. The summed E-state index contributed by atoms with van der Waals surface area (Å²) in [6, 6.07) is 3.63. The van der Waals surface area contributed by atoms with E-state index in [1.54, 1.807) is 0 Å². The molecule has 1 aromatic rings. The minimum absolute atomic E-state index is 0.0524. The van der Waals surface area contributed by atoms with E-state index in [4.69, 9.17) is 18.0 Å². The molecule has 0 fully saturated rings. The molecule has 0 bridgehead atoms. The zero-order valence-corrected chi connectivity index (χ0v) is 10.4. The maximum atomic E-state index is 13.0. The van der Waals surface area contributed by atoms with Crippen molar-refractivity contribution >= 4 is 22.9 Å². The molecule has 2 nitrogen and oxygen atoms in total. The minimum atomic E-state index is -4.24. The van der Waals surface area contributed by atoms with Gasteiger partial charge in [-0.3, -0.25) is 0 Å². The number of hydrogen-bond acceptors (Lipinski definition) is 2. The van der Waals surface area contributed by atoms with Crippen molar-refractivity contribution in [3.8, 4) is 0 Å². The molecule has 0 spiro atoms. The van der Waals surface area contributed by atoms with Gasteiger partial charge in [-0.05, 0) is 18.2 Å². The van der Waals surface area contributed by atoms with E-state index in [0.717, 1.165) is 12.1 Å². The van der Waals surface area contributed by atoms with Crippen LogP contribution < -0.4 is 10.6 Å². The molecule has 0 aliphatic rings. The number of halogens is 4. The Labute approximate surface area is 107 Å². The number of benzene rings is 1. The van der Waals surface area contributed by atoms with E-state index in [1.165, 1.54) is 18.0 Å². The highest BCUT2D eigenvalue weighted by Crippen LogP contribution is 2.24. The maximum Gasteiger partial charge on any atom is 0.390 e. The van der Waals surface area contributed by atoms with E-state index in [2.05, 4.69) is 0 Å². The third kappa shape index (κ3) is 4.14. The molecule has 0 saturated heterocycles. The molecule has 1 aromatic carbocycles. The summed E-state index contributed by atoms with van der Waals surface area (Å²) in [5.74, 6) is -0.536. The minimum Gasteiger partial charge on any atom is -0.389 e. The fraction of sp³-hybridized carbons (Fsp3) is 0.364. The molecular formula is C11H12F4N2S. The third-order valence-corrected chi connectivity index (χ3v) is 2.59. The first-order valence-electron chi connectivity index (χ1n) is 5.08. The van der Waals surface area contributed by atoms with Crippen LogP contribution in [-0.4, -0.2) is 24.8 Å². The zero-order valence-electron chi connectivity index (χ0n) is 9.59. The summed E-state index contributed by atoms with van der Waals surface area (Å²) in [5.41, 5.74) is 6.03. The second kappa shape index (κ2) is 5.51. The van der Waals surface area contributed by atoms with Crippen LogP contribution in [-0.2, 0) is 0 Å². The van der Waals surface area contributed by atoms with Gasteiger partial charge in [0.15, 0.2) is 0 Å². The van der Waals surface area contributed by atoms with E-state index >= 15 is 0 Å². The van der Waals surface area contributed by atoms with E-state index in [1.807, 2.05) is 0 Å². The summed E-state index contributed by atoms with van der Waals surface area (Å²) >= 11 is 4.75. The standard InChI is InChI=1S/C11H12F4N2S/c1-17(5-4-11(13,14)15)9-3-2-7(12)6-8(9)10(16)18/h2-3,6H,4-5H2,1H3,(H2,16,18).